The summed E-state index contributed by atoms with van der Waals surface area (Å²) in [5, 5.41) is 6.13. The van der Waals surface area contributed by atoms with Crippen LogP contribution in [0.2, 0.25) is 0 Å². The van der Waals surface area contributed by atoms with Crippen molar-refractivity contribution in [1.29, 1.82) is 0 Å². The zero-order chi connectivity index (χ0) is 11.7. The molecule has 1 fully saturated rings. The molecule has 0 heterocycles. The lowest BCUT2D eigenvalue weighted by Gasteiger charge is -2.23. The lowest BCUT2D eigenvalue weighted by atomic mass is 10.2. The molecule has 0 spiro atoms. The first kappa shape index (κ1) is 12.3. The van der Waals surface area contributed by atoms with Crippen molar-refractivity contribution >= 4 is 6.09 Å². The van der Waals surface area contributed by atoms with Gasteiger partial charge < -0.3 is 15.4 Å². The molecular weight excluding hydrogens is 192 g/mol. The number of hydrogen-bond acceptors (Lipinski definition) is 3. The molecule has 88 valence electrons. The highest BCUT2D eigenvalue weighted by molar-refractivity contribution is 5.69. The van der Waals surface area contributed by atoms with Crippen LogP contribution in [0.15, 0.2) is 0 Å². The van der Waals surface area contributed by atoms with E-state index in [4.69, 9.17) is 4.74 Å². The number of rotatable bonds is 3. The molecule has 4 heteroatoms. The van der Waals surface area contributed by atoms with Gasteiger partial charge in [0.25, 0.3) is 0 Å². The van der Waals surface area contributed by atoms with Gasteiger partial charge in [0, 0.05) is 6.04 Å². The maximum Gasteiger partial charge on any atom is 0.408 e. The maximum atomic E-state index is 11.6. The smallest absolute Gasteiger partial charge is 0.408 e. The van der Waals surface area contributed by atoms with Gasteiger partial charge in [-0.05, 0) is 40.7 Å². The van der Waals surface area contributed by atoms with E-state index in [0.29, 0.717) is 6.04 Å². The maximum absolute atomic E-state index is 11.6. The van der Waals surface area contributed by atoms with E-state index in [9.17, 15) is 4.79 Å². The average Bonchev–Trinajstić information content (AvgIpc) is 2.76. The summed E-state index contributed by atoms with van der Waals surface area (Å²) >= 11 is 0. The molecule has 2 N–H and O–H groups in total. The van der Waals surface area contributed by atoms with Gasteiger partial charge in [0.1, 0.15) is 5.60 Å². The molecule has 1 aliphatic rings. The van der Waals surface area contributed by atoms with Gasteiger partial charge in [-0.2, -0.15) is 0 Å². The molecule has 1 aliphatic carbocycles. The lowest BCUT2D eigenvalue weighted by Crippen LogP contribution is -2.44. The summed E-state index contributed by atoms with van der Waals surface area (Å²) in [6, 6.07) is 0.384. The quantitative estimate of drug-likeness (QED) is 0.751. The Morgan fingerprint density at radius 1 is 1.53 bits per heavy atom. The molecule has 15 heavy (non-hydrogen) atoms. The van der Waals surface area contributed by atoms with Gasteiger partial charge in [0.05, 0.1) is 5.54 Å². The summed E-state index contributed by atoms with van der Waals surface area (Å²) in [6.07, 6.45) is 1.60. The van der Waals surface area contributed by atoms with E-state index in [0.717, 1.165) is 12.8 Å². The van der Waals surface area contributed by atoms with Gasteiger partial charge in [-0.3, -0.25) is 0 Å². The second kappa shape index (κ2) is 4.00. The van der Waals surface area contributed by atoms with Crippen molar-refractivity contribution in [3.63, 3.8) is 0 Å². The number of ether oxygens (including phenoxy) is 1. The van der Waals surface area contributed by atoms with Crippen LogP contribution < -0.4 is 10.6 Å². The molecule has 0 aliphatic heterocycles. The monoisotopic (exact) mass is 214 g/mol. The van der Waals surface area contributed by atoms with Gasteiger partial charge in [-0.15, -0.1) is 0 Å². The minimum Gasteiger partial charge on any atom is -0.444 e. The largest absolute Gasteiger partial charge is 0.444 e. The minimum absolute atomic E-state index is 0.0862. The number of carbonyl (C=O) groups is 1. The Morgan fingerprint density at radius 3 is 2.47 bits per heavy atom. The molecule has 0 aromatic carbocycles. The number of nitrogens with one attached hydrogen (secondary N) is 2. The number of carbonyl (C=O) groups excluding carboxylic acids is 1. The van der Waals surface area contributed by atoms with Crippen LogP contribution in [0.4, 0.5) is 4.79 Å². The fourth-order valence-corrected chi connectivity index (χ4v) is 1.81. The summed E-state index contributed by atoms with van der Waals surface area (Å²) in [6.45, 7) is 7.68. The van der Waals surface area contributed by atoms with Crippen molar-refractivity contribution in [3.05, 3.63) is 0 Å². The summed E-state index contributed by atoms with van der Waals surface area (Å²) in [7, 11) is 1.92. The first-order valence-corrected chi connectivity index (χ1v) is 5.51. The van der Waals surface area contributed by atoms with Crippen molar-refractivity contribution in [1.82, 2.24) is 10.6 Å². The fourth-order valence-electron chi connectivity index (χ4n) is 1.81. The minimum atomic E-state index is -0.428. The third kappa shape index (κ3) is 3.09. The number of hydrogen-bond donors (Lipinski definition) is 2. The lowest BCUT2D eigenvalue weighted by molar-refractivity contribution is 0.0492. The van der Waals surface area contributed by atoms with E-state index < -0.39 is 5.60 Å². The highest BCUT2D eigenvalue weighted by Gasteiger charge is 2.53. The summed E-state index contributed by atoms with van der Waals surface area (Å²) < 4.78 is 5.23. The first-order chi connectivity index (χ1) is 6.83. The van der Waals surface area contributed by atoms with Crippen molar-refractivity contribution in [2.75, 3.05) is 7.05 Å². The van der Waals surface area contributed by atoms with Gasteiger partial charge in [0.2, 0.25) is 0 Å². The second-order valence-electron chi connectivity index (χ2n) is 5.18. The molecule has 0 aromatic heterocycles. The molecule has 4 nitrogen and oxygen atoms in total. The second-order valence-corrected chi connectivity index (χ2v) is 5.18. The van der Waals surface area contributed by atoms with Crippen molar-refractivity contribution in [2.24, 2.45) is 0 Å². The van der Waals surface area contributed by atoms with E-state index in [2.05, 4.69) is 17.6 Å². The van der Waals surface area contributed by atoms with Crippen LogP contribution in [-0.4, -0.2) is 30.3 Å². The van der Waals surface area contributed by atoms with Gasteiger partial charge >= 0.3 is 6.09 Å². The molecule has 1 amide bonds. The van der Waals surface area contributed by atoms with Crippen molar-refractivity contribution in [2.45, 2.75) is 57.7 Å². The molecule has 1 saturated carbocycles. The van der Waals surface area contributed by atoms with Crippen LogP contribution >= 0.6 is 0 Å². The van der Waals surface area contributed by atoms with E-state index in [1.54, 1.807) is 0 Å². The van der Waals surface area contributed by atoms with Gasteiger partial charge in [-0.25, -0.2) is 4.79 Å². The van der Waals surface area contributed by atoms with Crippen LogP contribution in [-0.2, 0) is 4.74 Å². The fraction of sp³-hybridized carbons (Fsp3) is 0.909. The van der Waals surface area contributed by atoms with Crippen LogP contribution in [0.3, 0.4) is 0 Å². The average molecular weight is 214 g/mol. The normalized spacial score (nSPS) is 29.8. The molecular formula is C11H22N2O2. The zero-order valence-electron chi connectivity index (χ0n) is 10.3. The van der Waals surface area contributed by atoms with Crippen molar-refractivity contribution in [3.8, 4) is 0 Å². The van der Waals surface area contributed by atoms with Crippen molar-refractivity contribution < 1.29 is 9.53 Å². The van der Waals surface area contributed by atoms with Gasteiger partial charge in [0.15, 0.2) is 0 Å². The predicted molar refractivity (Wildman–Crippen MR) is 59.9 cm³/mol. The Balaban J connectivity index is 2.45. The van der Waals surface area contributed by atoms with Crippen LogP contribution in [0.25, 0.3) is 0 Å². The Labute approximate surface area is 91.8 Å². The molecule has 1 rings (SSSR count). The molecule has 0 aromatic rings. The highest BCUT2D eigenvalue weighted by atomic mass is 16.6. The Morgan fingerprint density at radius 2 is 2.13 bits per heavy atom. The summed E-state index contributed by atoms with van der Waals surface area (Å²) in [5.41, 5.74) is -0.514. The molecule has 2 atom stereocenters. The first-order valence-electron chi connectivity index (χ1n) is 5.51. The Kier molecular flexibility index (Phi) is 3.28. The van der Waals surface area contributed by atoms with E-state index >= 15 is 0 Å². The number of alkyl carbamates (subject to hydrolysis) is 1. The number of likely N-dealkylation sites (N-methyl/N-ethyl adjacent to an activating group) is 1. The number of amides is 1. The van der Waals surface area contributed by atoms with Crippen LogP contribution in [0.1, 0.15) is 40.5 Å². The van der Waals surface area contributed by atoms with Gasteiger partial charge in [-0.1, -0.05) is 6.92 Å². The third-order valence-electron chi connectivity index (χ3n) is 2.80. The summed E-state index contributed by atoms with van der Waals surface area (Å²) in [5.74, 6) is 0. The van der Waals surface area contributed by atoms with Crippen LogP contribution in [0, 0.1) is 0 Å². The zero-order valence-corrected chi connectivity index (χ0v) is 10.3. The molecule has 0 saturated heterocycles. The van der Waals surface area contributed by atoms with E-state index in [-0.39, 0.29) is 11.6 Å². The topological polar surface area (TPSA) is 50.4 Å². The van der Waals surface area contributed by atoms with E-state index in [1.807, 2.05) is 27.8 Å². The summed E-state index contributed by atoms with van der Waals surface area (Å²) in [4.78, 5) is 11.6. The molecule has 0 radical (unpaired) electrons. The Bertz CT molecular complexity index is 247. The Hall–Kier alpha value is -0.770. The third-order valence-corrected chi connectivity index (χ3v) is 2.80. The predicted octanol–water partition coefficient (Wildman–Crippen LogP) is 1.65. The van der Waals surface area contributed by atoms with Crippen LogP contribution in [0.5, 0.6) is 0 Å². The molecule has 2 unspecified atom stereocenters. The van der Waals surface area contributed by atoms with E-state index in [1.165, 1.54) is 0 Å². The molecule has 0 bridgehead atoms. The standard InChI is InChI=1S/C11H22N2O2/c1-6-11(7-8(11)12-5)13-9(14)15-10(2,3)4/h8,12H,6-7H2,1-5H3,(H,13,14). The SMILES string of the molecule is CCC1(NC(=O)OC(C)(C)C)CC1NC. The highest BCUT2D eigenvalue weighted by Crippen LogP contribution is 2.39.